The minimum atomic E-state index is -0.852. The molecule has 2 atom stereocenters. The van der Waals surface area contributed by atoms with Crippen molar-refractivity contribution in [1.82, 2.24) is 10.6 Å². The Morgan fingerprint density at radius 3 is 1.40 bits per heavy atom. The second-order valence-electron chi connectivity index (χ2n) is 11.6. The Morgan fingerprint density at radius 1 is 0.667 bits per heavy atom. The van der Waals surface area contributed by atoms with Gasteiger partial charge in [-0.25, -0.2) is 0 Å². The van der Waals surface area contributed by atoms with Crippen molar-refractivity contribution in [1.29, 1.82) is 0 Å². The summed E-state index contributed by atoms with van der Waals surface area (Å²) in [5.74, 6) is -0.277. The summed E-state index contributed by atoms with van der Waals surface area (Å²) in [7, 11) is 0. The largest absolute Gasteiger partial charge is 0.488 e. The molecule has 4 aromatic rings. The Bertz CT molecular complexity index is 1620. The fraction of sp³-hybridized carbons (Fsp3) is 0.316. The molecule has 0 heterocycles. The van der Waals surface area contributed by atoms with Gasteiger partial charge in [0.15, 0.2) is 0 Å². The zero-order valence-electron chi connectivity index (χ0n) is 27.6. The first-order valence-electron chi connectivity index (χ1n) is 15.9. The smallest absolute Gasteiger partial charge is 0.320 e. The molecule has 10 heteroatoms. The van der Waals surface area contributed by atoms with E-state index in [4.69, 9.17) is 9.47 Å². The van der Waals surface area contributed by atoms with Gasteiger partial charge in [0.1, 0.15) is 36.8 Å². The van der Waals surface area contributed by atoms with Crippen LogP contribution in [0.4, 0.5) is 0 Å². The van der Waals surface area contributed by atoms with E-state index in [0.717, 1.165) is 53.5 Å². The fourth-order valence-electron chi connectivity index (χ4n) is 5.41. The van der Waals surface area contributed by atoms with Crippen molar-refractivity contribution in [3.8, 4) is 22.6 Å². The molecule has 0 aromatic heterocycles. The zero-order chi connectivity index (χ0) is 34.8. The molecule has 0 saturated heterocycles. The van der Waals surface area contributed by atoms with Gasteiger partial charge in [-0.1, -0.05) is 62.4 Å². The number of rotatable bonds is 17. The number of hydrogen-bond donors (Lipinski definition) is 4. The molecule has 0 amide bonds. The van der Waals surface area contributed by atoms with Crippen LogP contribution in [0.3, 0.4) is 0 Å². The Morgan fingerprint density at radius 2 is 1.06 bits per heavy atom. The highest BCUT2D eigenvalue weighted by atomic mass is 79.9. The lowest BCUT2D eigenvalue weighted by atomic mass is 9.92. The van der Waals surface area contributed by atoms with Crippen molar-refractivity contribution in [3.05, 3.63) is 115 Å². The number of halogens is 2. The predicted octanol–water partition coefficient (Wildman–Crippen LogP) is 8.56. The first-order chi connectivity index (χ1) is 23.0. The normalized spacial score (nSPS) is 12.4. The summed E-state index contributed by atoms with van der Waals surface area (Å²) in [4.78, 5) is 22.6. The second kappa shape index (κ2) is 17.6. The highest BCUT2D eigenvalue weighted by molar-refractivity contribution is 9.10. The van der Waals surface area contributed by atoms with Crippen LogP contribution in [0.25, 0.3) is 11.1 Å². The van der Waals surface area contributed by atoms with E-state index in [-0.39, 0.29) is 0 Å². The van der Waals surface area contributed by atoms with Gasteiger partial charge in [0, 0.05) is 13.1 Å². The molecule has 0 aliphatic rings. The Kier molecular flexibility index (Phi) is 13.6. The number of carboxylic acids is 2. The van der Waals surface area contributed by atoms with Crippen LogP contribution in [0.2, 0.25) is 0 Å². The third-order valence-corrected chi connectivity index (χ3v) is 9.70. The van der Waals surface area contributed by atoms with Crippen molar-refractivity contribution in [2.24, 2.45) is 0 Å². The molecular formula is C38H42Br2N2O6. The average Bonchev–Trinajstić information content (AvgIpc) is 3.05. The lowest BCUT2D eigenvalue weighted by molar-refractivity contribution is -0.140. The number of hydrogen-bond acceptors (Lipinski definition) is 6. The first kappa shape index (κ1) is 37.1. The molecule has 4 rings (SSSR count). The number of nitrogens with one attached hydrogen (secondary N) is 2. The third kappa shape index (κ3) is 9.69. The molecular weight excluding hydrogens is 740 g/mol. The minimum Gasteiger partial charge on any atom is -0.488 e. The van der Waals surface area contributed by atoms with Gasteiger partial charge in [0.05, 0.1) is 8.95 Å². The summed E-state index contributed by atoms with van der Waals surface area (Å²) in [6, 6.07) is 22.9. The van der Waals surface area contributed by atoms with Crippen molar-refractivity contribution < 1.29 is 29.3 Å². The van der Waals surface area contributed by atoms with E-state index in [2.05, 4.69) is 80.6 Å². The van der Waals surface area contributed by atoms with Gasteiger partial charge in [-0.3, -0.25) is 9.59 Å². The fourth-order valence-corrected chi connectivity index (χ4v) is 6.49. The summed E-state index contributed by atoms with van der Waals surface area (Å²) in [5, 5.41) is 24.7. The molecule has 0 spiro atoms. The molecule has 4 N–H and O–H groups in total. The van der Waals surface area contributed by atoms with E-state index in [0.29, 0.717) is 50.6 Å². The third-order valence-electron chi connectivity index (χ3n) is 8.46. The van der Waals surface area contributed by atoms with Crippen LogP contribution in [0.1, 0.15) is 60.1 Å². The van der Waals surface area contributed by atoms with E-state index in [1.807, 2.05) is 62.4 Å². The maximum absolute atomic E-state index is 11.3. The van der Waals surface area contributed by atoms with Gasteiger partial charge < -0.3 is 30.3 Å². The Labute approximate surface area is 299 Å². The van der Waals surface area contributed by atoms with Crippen LogP contribution in [0, 0.1) is 13.8 Å². The van der Waals surface area contributed by atoms with Gasteiger partial charge in [0.2, 0.25) is 0 Å². The summed E-state index contributed by atoms with van der Waals surface area (Å²) in [6.07, 6.45) is 1.02. The minimum absolute atomic E-state index is 0.392. The lowest BCUT2D eigenvalue weighted by Gasteiger charge is -2.18. The van der Waals surface area contributed by atoms with Crippen molar-refractivity contribution in [2.75, 3.05) is 0 Å². The quantitative estimate of drug-likeness (QED) is 0.0843. The molecule has 0 radical (unpaired) electrons. The first-order valence-corrected chi connectivity index (χ1v) is 17.5. The molecule has 0 saturated carbocycles. The number of ether oxygens (including phenoxy) is 2. The second-order valence-corrected chi connectivity index (χ2v) is 13.4. The van der Waals surface area contributed by atoms with E-state index < -0.39 is 24.0 Å². The summed E-state index contributed by atoms with van der Waals surface area (Å²) < 4.78 is 14.1. The standard InChI is InChI=1S/C38H42Br2N2O6/c1-5-33(37(43)44)41-19-25-13-15-35(31(39)17-25)47-21-27-9-7-11-29(23(27)3)30-12-8-10-28(24(30)4)22-48-36-16-14-26(18-32(36)40)20-42-34(6-2)38(45)46/h7-18,33-34,41-42H,5-6,19-22H2,1-4H3,(H,43,44)(H,45,46). The molecule has 2 unspecified atom stereocenters. The van der Waals surface area contributed by atoms with Gasteiger partial charge in [-0.15, -0.1) is 0 Å². The van der Waals surface area contributed by atoms with Crippen LogP contribution in [-0.4, -0.2) is 34.2 Å². The van der Waals surface area contributed by atoms with Crippen LogP contribution in [-0.2, 0) is 35.9 Å². The van der Waals surface area contributed by atoms with Crippen LogP contribution in [0.5, 0.6) is 11.5 Å². The Hall–Kier alpha value is -3.70. The van der Waals surface area contributed by atoms with E-state index >= 15 is 0 Å². The number of carbonyl (C=O) groups is 2. The topological polar surface area (TPSA) is 117 Å². The van der Waals surface area contributed by atoms with Crippen LogP contribution >= 0.6 is 31.9 Å². The molecule has 0 aliphatic heterocycles. The summed E-state index contributed by atoms with van der Waals surface area (Å²) in [6.45, 7) is 9.60. The number of carboxylic acid groups (broad SMARTS) is 2. The average molecular weight is 783 g/mol. The van der Waals surface area contributed by atoms with Crippen LogP contribution < -0.4 is 20.1 Å². The molecule has 4 aromatic carbocycles. The highest BCUT2D eigenvalue weighted by Crippen LogP contribution is 2.33. The molecule has 0 bridgehead atoms. The molecule has 48 heavy (non-hydrogen) atoms. The van der Waals surface area contributed by atoms with Gasteiger partial charge in [-0.05, 0) is 127 Å². The van der Waals surface area contributed by atoms with Gasteiger partial charge in [-0.2, -0.15) is 0 Å². The molecule has 8 nitrogen and oxygen atoms in total. The monoisotopic (exact) mass is 780 g/mol. The highest BCUT2D eigenvalue weighted by Gasteiger charge is 2.16. The summed E-state index contributed by atoms with van der Waals surface area (Å²) >= 11 is 7.23. The summed E-state index contributed by atoms with van der Waals surface area (Å²) in [5.41, 5.74) is 8.60. The van der Waals surface area contributed by atoms with E-state index in [9.17, 15) is 19.8 Å². The molecule has 254 valence electrons. The zero-order valence-corrected chi connectivity index (χ0v) is 30.8. The van der Waals surface area contributed by atoms with Crippen molar-refractivity contribution >= 4 is 43.8 Å². The van der Waals surface area contributed by atoms with Crippen LogP contribution in [0.15, 0.2) is 81.7 Å². The lowest BCUT2D eigenvalue weighted by Crippen LogP contribution is -2.35. The maximum Gasteiger partial charge on any atom is 0.320 e. The molecule has 0 aliphatic carbocycles. The maximum atomic E-state index is 11.3. The van der Waals surface area contributed by atoms with Crippen molar-refractivity contribution in [3.63, 3.8) is 0 Å². The number of aliphatic carboxylic acids is 2. The Balaban J connectivity index is 1.41. The van der Waals surface area contributed by atoms with Gasteiger partial charge >= 0.3 is 11.9 Å². The predicted molar refractivity (Wildman–Crippen MR) is 195 cm³/mol. The van der Waals surface area contributed by atoms with E-state index in [1.165, 1.54) is 0 Å². The van der Waals surface area contributed by atoms with Crippen molar-refractivity contribution in [2.45, 2.75) is 78.9 Å². The number of benzene rings is 4. The SMILES string of the molecule is CCC(NCc1ccc(OCc2cccc(-c3cccc(COc4ccc(CNC(CC)C(=O)O)cc4Br)c3C)c2C)c(Br)c1)C(=O)O. The van der Waals surface area contributed by atoms with E-state index in [1.54, 1.807) is 0 Å². The molecule has 0 fully saturated rings. The van der Waals surface area contributed by atoms with Gasteiger partial charge in [0.25, 0.3) is 0 Å².